The molecule has 148 valence electrons. The molecule has 3 aromatic carbocycles. The van der Waals surface area contributed by atoms with Crippen molar-refractivity contribution in [2.24, 2.45) is 0 Å². The van der Waals surface area contributed by atoms with Gasteiger partial charge in [0.25, 0.3) is 0 Å². The van der Waals surface area contributed by atoms with E-state index in [0.29, 0.717) is 21.4 Å². The highest BCUT2D eigenvalue weighted by Gasteiger charge is 2.14. The number of ketones is 1. The molecule has 1 aromatic heterocycles. The SMILES string of the molecule is O=C(CSc1nc(/C=C/c2ccccc2)nc2ccccc12)c1cc(Cl)ccc1Cl. The van der Waals surface area contributed by atoms with Crippen molar-refractivity contribution in [1.29, 1.82) is 0 Å². The predicted octanol–water partition coefficient (Wildman–Crippen LogP) is 7.08. The molecule has 0 atom stereocenters. The average molecular weight is 451 g/mol. The molecule has 0 spiro atoms. The summed E-state index contributed by atoms with van der Waals surface area (Å²) in [6, 6.07) is 22.6. The van der Waals surface area contributed by atoms with Crippen molar-refractivity contribution < 1.29 is 4.79 Å². The zero-order valence-corrected chi connectivity index (χ0v) is 18.1. The first-order valence-corrected chi connectivity index (χ1v) is 11.0. The molecule has 0 N–H and O–H groups in total. The molecule has 0 fully saturated rings. The minimum atomic E-state index is -0.100. The van der Waals surface area contributed by atoms with Gasteiger partial charge in [-0.2, -0.15) is 0 Å². The molecule has 1 heterocycles. The number of Topliss-reactive ketones (excluding diaryl/α,β-unsaturated/α-hetero) is 1. The quantitative estimate of drug-likeness (QED) is 0.178. The molecule has 0 saturated carbocycles. The van der Waals surface area contributed by atoms with Crippen molar-refractivity contribution in [2.75, 3.05) is 5.75 Å². The van der Waals surface area contributed by atoms with Gasteiger partial charge in [0, 0.05) is 16.0 Å². The number of rotatable bonds is 6. The van der Waals surface area contributed by atoms with E-state index in [1.54, 1.807) is 18.2 Å². The Bertz CT molecular complexity index is 1240. The van der Waals surface area contributed by atoms with E-state index in [2.05, 4.69) is 9.97 Å². The van der Waals surface area contributed by atoms with Crippen LogP contribution in [-0.4, -0.2) is 21.5 Å². The summed E-state index contributed by atoms with van der Waals surface area (Å²) in [5.74, 6) is 0.688. The number of halogens is 2. The summed E-state index contributed by atoms with van der Waals surface area (Å²) in [5.41, 5.74) is 2.31. The Kier molecular flexibility index (Phi) is 6.48. The Hall–Kier alpha value is -2.66. The summed E-state index contributed by atoms with van der Waals surface area (Å²) in [7, 11) is 0. The summed E-state index contributed by atoms with van der Waals surface area (Å²) in [6.45, 7) is 0. The highest BCUT2D eigenvalue weighted by molar-refractivity contribution is 8.00. The molecule has 0 bridgehead atoms. The molecule has 6 heteroatoms. The Morgan fingerprint density at radius 3 is 2.50 bits per heavy atom. The Morgan fingerprint density at radius 2 is 1.67 bits per heavy atom. The van der Waals surface area contributed by atoms with Gasteiger partial charge in [0.1, 0.15) is 5.03 Å². The van der Waals surface area contributed by atoms with E-state index in [4.69, 9.17) is 23.2 Å². The number of carbonyl (C=O) groups excluding carboxylic acids is 1. The number of para-hydroxylation sites is 1. The van der Waals surface area contributed by atoms with Crippen molar-refractivity contribution in [1.82, 2.24) is 9.97 Å². The van der Waals surface area contributed by atoms with Crippen LogP contribution in [0.1, 0.15) is 21.7 Å². The summed E-state index contributed by atoms with van der Waals surface area (Å²) in [6.07, 6.45) is 3.84. The fraction of sp³-hybridized carbons (Fsp3) is 0.0417. The zero-order chi connectivity index (χ0) is 20.9. The van der Waals surface area contributed by atoms with Crippen LogP contribution in [0, 0.1) is 0 Å². The van der Waals surface area contributed by atoms with Crippen LogP contribution in [0.25, 0.3) is 23.1 Å². The molecule has 0 unspecified atom stereocenters. The summed E-state index contributed by atoms with van der Waals surface area (Å²) in [5, 5.41) is 2.53. The van der Waals surface area contributed by atoms with Crippen LogP contribution in [0.15, 0.2) is 77.8 Å². The monoisotopic (exact) mass is 450 g/mol. The topological polar surface area (TPSA) is 42.9 Å². The van der Waals surface area contributed by atoms with Crippen LogP contribution in [0.2, 0.25) is 10.0 Å². The van der Waals surface area contributed by atoms with E-state index in [0.717, 1.165) is 21.5 Å². The second kappa shape index (κ2) is 9.43. The minimum Gasteiger partial charge on any atom is -0.293 e. The largest absolute Gasteiger partial charge is 0.293 e. The number of nitrogens with zero attached hydrogens (tertiary/aromatic N) is 2. The van der Waals surface area contributed by atoms with E-state index in [-0.39, 0.29) is 11.5 Å². The molecular formula is C24H16Cl2N2OS. The summed E-state index contributed by atoms with van der Waals surface area (Å²) < 4.78 is 0. The highest BCUT2D eigenvalue weighted by Crippen LogP contribution is 2.28. The number of benzene rings is 3. The molecule has 0 aliphatic rings. The van der Waals surface area contributed by atoms with E-state index >= 15 is 0 Å². The van der Waals surface area contributed by atoms with Crippen LogP contribution in [0.4, 0.5) is 0 Å². The molecule has 0 amide bonds. The number of thioether (sulfide) groups is 1. The molecule has 3 nitrogen and oxygen atoms in total. The van der Waals surface area contributed by atoms with Gasteiger partial charge in [0.15, 0.2) is 11.6 Å². The maximum absolute atomic E-state index is 12.7. The third kappa shape index (κ3) is 4.90. The lowest BCUT2D eigenvalue weighted by Gasteiger charge is -2.07. The van der Waals surface area contributed by atoms with Gasteiger partial charge in [-0.05, 0) is 35.9 Å². The molecule has 4 aromatic rings. The number of aromatic nitrogens is 2. The second-order valence-electron chi connectivity index (χ2n) is 6.48. The first-order chi connectivity index (χ1) is 14.6. The molecule has 0 radical (unpaired) electrons. The lowest BCUT2D eigenvalue weighted by molar-refractivity contribution is 0.102. The summed E-state index contributed by atoms with van der Waals surface area (Å²) in [4.78, 5) is 22.0. The van der Waals surface area contributed by atoms with Gasteiger partial charge in [-0.15, -0.1) is 0 Å². The number of carbonyl (C=O) groups is 1. The van der Waals surface area contributed by atoms with Gasteiger partial charge in [-0.25, -0.2) is 9.97 Å². The highest BCUT2D eigenvalue weighted by atomic mass is 35.5. The fourth-order valence-electron chi connectivity index (χ4n) is 2.91. The van der Waals surface area contributed by atoms with Crippen molar-refractivity contribution in [3.05, 3.63) is 99.8 Å². The predicted molar refractivity (Wildman–Crippen MR) is 126 cm³/mol. The molecule has 30 heavy (non-hydrogen) atoms. The lowest BCUT2D eigenvalue weighted by atomic mass is 10.1. The minimum absolute atomic E-state index is 0.100. The Morgan fingerprint density at radius 1 is 0.900 bits per heavy atom. The van der Waals surface area contributed by atoms with Gasteiger partial charge < -0.3 is 0 Å². The van der Waals surface area contributed by atoms with Crippen molar-refractivity contribution in [3.8, 4) is 0 Å². The van der Waals surface area contributed by atoms with Crippen molar-refractivity contribution in [2.45, 2.75) is 5.03 Å². The van der Waals surface area contributed by atoms with Gasteiger partial charge >= 0.3 is 0 Å². The number of fused-ring (bicyclic) bond motifs is 1. The first-order valence-electron chi connectivity index (χ1n) is 9.21. The first kappa shape index (κ1) is 20.6. The molecule has 4 rings (SSSR count). The van der Waals surface area contributed by atoms with Gasteiger partial charge in [-0.3, -0.25) is 4.79 Å². The summed E-state index contributed by atoms with van der Waals surface area (Å²) >= 11 is 13.6. The van der Waals surface area contributed by atoms with Crippen LogP contribution >= 0.6 is 35.0 Å². The van der Waals surface area contributed by atoms with Crippen LogP contribution in [0.5, 0.6) is 0 Å². The lowest BCUT2D eigenvalue weighted by Crippen LogP contribution is -2.04. The van der Waals surface area contributed by atoms with Crippen LogP contribution in [0.3, 0.4) is 0 Å². The third-order valence-corrected chi connectivity index (χ3v) is 5.93. The van der Waals surface area contributed by atoms with E-state index < -0.39 is 0 Å². The number of hydrogen-bond donors (Lipinski definition) is 0. The van der Waals surface area contributed by atoms with Gasteiger partial charge in [-0.1, -0.05) is 89.6 Å². The standard InChI is InChI=1S/C24H16Cl2N2OS/c25-17-11-12-20(26)19(14-17)22(29)15-30-24-18-8-4-5-9-21(18)27-23(28-24)13-10-16-6-2-1-3-7-16/h1-14H,15H2/b13-10+. The van der Waals surface area contributed by atoms with Gasteiger partial charge in [0.2, 0.25) is 0 Å². The maximum atomic E-state index is 12.7. The normalized spacial score (nSPS) is 11.3. The smallest absolute Gasteiger partial charge is 0.174 e. The maximum Gasteiger partial charge on any atom is 0.174 e. The molecule has 0 saturated heterocycles. The molecular weight excluding hydrogens is 435 g/mol. The van der Waals surface area contributed by atoms with E-state index in [9.17, 15) is 4.79 Å². The number of hydrogen-bond acceptors (Lipinski definition) is 4. The Labute approximate surface area is 188 Å². The van der Waals surface area contributed by atoms with Crippen LogP contribution in [-0.2, 0) is 0 Å². The average Bonchev–Trinajstić information content (AvgIpc) is 2.78. The van der Waals surface area contributed by atoms with Crippen molar-refractivity contribution >= 4 is 63.8 Å². The molecule has 0 aliphatic heterocycles. The fourth-order valence-corrected chi connectivity index (χ4v) is 4.21. The van der Waals surface area contributed by atoms with E-state index in [1.165, 1.54) is 11.8 Å². The van der Waals surface area contributed by atoms with E-state index in [1.807, 2.05) is 66.7 Å². The molecule has 0 aliphatic carbocycles. The van der Waals surface area contributed by atoms with Crippen molar-refractivity contribution in [3.63, 3.8) is 0 Å². The third-order valence-electron chi connectivity index (χ3n) is 4.38. The van der Waals surface area contributed by atoms with Crippen LogP contribution < -0.4 is 0 Å². The van der Waals surface area contributed by atoms with Gasteiger partial charge in [0.05, 0.1) is 16.3 Å². The Balaban J connectivity index is 1.62. The second-order valence-corrected chi connectivity index (χ2v) is 8.29. The zero-order valence-electron chi connectivity index (χ0n) is 15.8.